The van der Waals surface area contributed by atoms with Gasteiger partial charge in [-0.1, -0.05) is 6.92 Å². The molecule has 1 saturated carbocycles. The average molecular weight is 131 g/mol. The van der Waals surface area contributed by atoms with E-state index in [1.807, 2.05) is 6.92 Å². The Balaban J connectivity index is 2.09. The van der Waals surface area contributed by atoms with Gasteiger partial charge in [-0.05, 0) is 25.8 Å². The number of alkyl halides is 1. The molecule has 1 nitrogen and oxygen atoms in total. The fraction of sp³-hybridized carbons (Fsp3) is 1.00. The Hall–Kier alpha value is -0.110. The number of hydrogen-bond donors (Lipinski definition) is 1. The van der Waals surface area contributed by atoms with E-state index in [2.05, 4.69) is 5.32 Å². The first kappa shape index (κ1) is 7.00. The van der Waals surface area contributed by atoms with Gasteiger partial charge in [-0.3, -0.25) is 0 Å². The van der Waals surface area contributed by atoms with Crippen LogP contribution in [0.4, 0.5) is 4.39 Å². The van der Waals surface area contributed by atoms with E-state index in [0.717, 1.165) is 25.8 Å². The second-order valence-corrected chi connectivity index (χ2v) is 2.78. The minimum atomic E-state index is -0.837. The molecule has 0 atom stereocenters. The van der Waals surface area contributed by atoms with Crippen LogP contribution in [0.5, 0.6) is 0 Å². The number of hydrogen-bond acceptors (Lipinski definition) is 1. The summed E-state index contributed by atoms with van der Waals surface area (Å²) in [5, 5.41) is 3.02. The van der Waals surface area contributed by atoms with Crippen LogP contribution in [-0.2, 0) is 0 Å². The molecule has 0 unspecified atom stereocenters. The maximum absolute atomic E-state index is 13.0. The van der Waals surface area contributed by atoms with Crippen molar-refractivity contribution in [2.45, 2.75) is 31.9 Å². The SMILES string of the molecule is CCNCC1(F)CCC1. The smallest absolute Gasteiger partial charge is 0.123 e. The monoisotopic (exact) mass is 131 g/mol. The number of nitrogens with one attached hydrogen (secondary N) is 1. The lowest BCUT2D eigenvalue weighted by atomic mass is 9.82. The predicted molar refractivity (Wildman–Crippen MR) is 36.2 cm³/mol. The van der Waals surface area contributed by atoms with Crippen molar-refractivity contribution in [3.63, 3.8) is 0 Å². The zero-order valence-corrected chi connectivity index (χ0v) is 5.91. The largest absolute Gasteiger partial charge is 0.314 e. The van der Waals surface area contributed by atoms with Crippen molar-refractivity contribution < 1.29 is 4.39 Å². The van der Waals surface area contributed by atoms with E-state index in [0.29, 0.717) is 6.54 Å². The van der Waals surface area contributed by atoms with Crippen molar-refractivity contribution >= 4 is 0 Å². The van der Waals surface area contributed by atoms with Crippen molar-refractivity contribution in [1.82, 2.24) is 5.32 Å². The van der Waals surface area contributed by atoms with Crippen molar-refractivity contribution in [2.24, 2.45) is 0 Å². The maximum atomic E-state index is 13.0. The van der Waals surface area contributed by atoms with Crippen LogP contribution in [-0.4, -0.2) is 18.8 Å². The van der Waals surface area contributed by atoms with Gasteiger partial charge in [0.05, 0.1) is 0 Å². The van der Waals surface area contributed by atoms with Crippen LogP contribution in [0.3, 0.4) is 0 Å². The third kappa shape index (κ3) is 1.65. The molecule has 1 N–H and O–H groups in total. The van der Waals surface area contributed by atoms with E-state index in [9.17, 15) is 4.39 Å². The fourth-order valence-corrected chi connectivity index (χ4v) is 1.09. The van der Waals surface area contributed by atoms with Gasteiger partial charge in [-0.25, -0.2) is 4.39 Å². The van der Waals surface area contributed by atoms with Gasteiger partial charge in [-0.2, -0.15) is 0 Å². The van der Waals surface area contributed by atoms with Crippen molar-refractivity contribution in [3.05, 3.63) is 0 Å². The Morgan fingerprint density at radius 3 is 2.56 bits per heavy atom. The molecule has 0 heterocycles. The molecule has 1 aliphatic rings. The highest BCUT2D eigenvalue weighted by Gasteiger charge is 2.35. The van der Waals surface area contributed by atoms with Gasteiger partial charge in [0.25, 0.3) is 0 Å². The first-order valence-corrected chi connectivity index (χ1v) is 3.66. The van der Waals surface area contributed by atoms with Crippen LogP contribution in [0.1, 0.15) is 26.2 Å². The summed E-state index contributed by atoms with van der Waals surface area (Å²) >= 11 is 0. The van der Waals surface area contributed by atoms with Gasteiger partial charge < -0.3 is 5.32 Å². The second kappa shape index (κ2) is 2.65. The standard InChI is InChI=1S/C7H14FN/c1-2-9-6-7(8)4-3-5-7/h9H,2-6H2,1H3. The van der Waals surface area contributed by atoms with Crippen LogP contribution in [0, 0.1) is 0 Å². The Morgan fingerprint density at radius 1 is 1.56 bits per heavy atom. The first-order valence-electron chi connectivity index (χ1n) is 3.66. The molecule has 9 heavy (non-hydrogen) atoms. The third-order valence-corrected chi connectivity index (χ3v) is 1.94. The van der Waals surface area contributed by atoms with Crippen molar-refractivity contribution in [1.29, 1.82) is 0 Å². The predicted octanol–water partition coefficient (Wildman–Crippen LogP) is 1.49. The highest BCUT2D eigenvalue weighted by Crippen LogP contribution is 2.34. The zero-order chi connectivity index (χ0) is 6.74. The lowest BCUT2D eigenvalue weighted by Gasteiger charge is -2.33. The van der Waals surface area contributed by atoms with Gasteiger partial charge >= 0.3 is 0 Å². The van der Waals surface area contributed by atoms with E-state index in [1.54, 1.807) is 0 Å². The highest BCUT2D eigenvalue weighted by atomic mass is 19.1. The fourth-order valence-electron chi connectivity index (χ4n) is 1.09. The molecule has 0 aromatic rings. The van der Waals surface area contributed by atoms with Gasteiger partial charge in [0.2, 0.25) is 0 Å². The van der Waals surface area contributed by atoms with Crippen LogP contribution in [0.25, 0.3) is 0 Å². The Bertz CT molecular complexity index is 88.9. The molecule has 0 aromatic carbocycles. The highest BCUT2D eigenvalue weighted by molar-refractivity contribution is 4.89. The van der Waals surface area contributed by atoms with Gasteiger partial charge in [0.15, 0.2) is 0 Å². The molecule has 1 rings (SSSR count). The molecule has 2 heteroatoms. The molecular weight excluding hydrogens is 117 g/mol. The number of rotatable bonds is 3. The molecular formula is C7H14FN. The molecule has 1 fully saturated rings. The summed E-state index contributed by atoms with van der Waals surface area (Å²) in [6.07, 6.45) is 2.60. The zero-order valence-electron chi connectivity index (χ0n) is 5.91. The van der Waals surface area contributed by atoms with E-state index in [1.165, 1.54) is 0 Å². The summed E-state index contributed by atoms with van der Waals surface area (Å²) in [6.45, 7) is 3.44. The van der Waals surface area contributed by atoms with E-state index in [-0.39, 0.29) is 0 Å². The molecule has 0 spiro atoms. The van der Waals surface area contributed by atoms with Crippen LogP contribution in [0.2, 0.25) is 0 Å². The summed E-state index contributed by atoms with van der Waals surface area (Å²) in [4.78, 5) is 0. The topological polar surface area (TPSA) is 12.0 Å². The Morgan fingerprint density at radius 2 is 2.22 bits per heavy atom. The van der Waals surface area contributed by atoms with Crippen molar-refractivity contribution in [3.8, 4) is 0 Å². The van der Waals surface area contributed by atoms with Crippen LogP contribution >= 0.6 is 0 Å². The lowest BCUT2D eigenvalue weighted by Crippen LogP contribution is -2.42. The van der Waals surface area contributed by atoms with E-state index < -0.39 is 5.67 Å². The molecule has 0 saturated heterocycles. The van der Waals surface area contributed by atoms with E-state index >= 15 is 0 Å². The minimum absolute atomic E-state index is 0.559. The van der Waals surface area contributed by atoms with Crippen LogP contribution in [0.15, 0.2) is 0 Å². The maximum Gasteiger partial charge on any atom is 0.123 e. The van der Waals surface area contributed by atoms with Gasteiger partial charge in [-0.15, -0.1) is 0 Å². The third-order valence-electron chi connectivity index (χ3n) is 1.94. The van der Waals surface area contributed by atoms with E-state index in [4.69, 9.17) is 0 Å². The Labute approximate surface area is 55.6 Å². The molecule has 0 bridgehead atoms. The van der Waals surface area contributed by atoms with Gasteiger partial charge in [0, 0.05) is 6.54 Å². The first-order chi connectivity index (χ1) is 4.27. The van der Waals surface area contributed by atoms with Crippen LogP contribution < -0.4 is 5.32 Å². The average Bonchev–Trinajstić information content (AvgIpc) is 1.79. The quantitative estimate of drug-likeness (QED) is 0.612. The molecule has 0 aromatic heterocycles. The lowest BCUT2D eigenvalue weighted by molar-refractivity contribution is 0.0640. The minimum Gasteiger partial charge on any atom is -0.314 e. The molecule has 0 radical (unpaired) electrons. The Kier molecular flexibility index (Phi) is 2.06. The normalized spacial score (nSPS) is 23.3. The summed E-state index contributed by atoms with van der Waals surface area (Å²) in [6, 6.07) is 0. The molecule has 0 amide bonds. The second-order valence-electron chi connectivity index (χ2n) is 2.78. The molecule has 1 aliphatic carbocycles. The molecule has 54 valence electrons. The summed E-state index contributed by atoms with van der Waals surface area (Å²) in [5.74, 6) is 0. The van der Waals surface area contributed by atoms with Gasteiger partial charge in [0.1, 0.15) is 5.67 Å². The molecule has 0 aliphatic heterocycles. The summed E-state index contributed by atoms with van der Waals surface area (Å²) < 4.78 is 13.0. The summed E-state index contributed by atoms with van der Waals surface area (Å²) in [7, 11) is 0. The summed E-state index contributed by atoms with van der Waals surface area (Å²) in [5.41, 5.74) is -0.837. The number of halogens is 1. The van der Waals surface area contributed by atoms with Crippen molar-refractivity contribution in [2.75, 3.05) is 13.1 Å².